The number of carbonyl (C=O) groups is 1. The third-order valence-electron chi connectivity index (χ3n) is 6.18. The fourth-order valence-electron chi connectivity index (χ4n) is 4.47. The molecule has 1 atom stereocenters. The van der Waals surface area contributed by atoms with Gasteiger partial charge >= 0.3 is 0 Å². The number of nitrogens with one attached hydrogen (secondary N) is 1. The van der Waals surface area contributed by atoms with Crippen molar-refractivity contribution in [2.45, 2.75) is 51.1 Å². The summed E-state index contributed by atoms with van der Waals surface area (Å²) in [4.78, 5) is 17.7. The van der Waals surface area contributed by atoms with Crippen molar-refractivity contribution in [1.82, 2.24) is 9.80 Å². The average molecular weight is 373 g/mol. The van der Waals surface area contributed by atoms with Crippen LogP contribution in [0, 0.1) is 0 Å². The molecule has 0 bridgehead atoms. The van der Waals surface area contributed by atoms with Crippen LogP contribution in [0.3, 0.4) is 0 Å². The SMILES string of the molecule is C[C@H](C(=O)Nc1ccc2c(c1)OCCO2)N1CCN(C2CCCCC2)CC1. The molecule has 1 saturated heterocycles. The number of benzene rings is 1. The van der Waals surface area contributed by atoms with Crippen LogP contribution in [-0.4, -0.2) is 67.2 Å². The first kappa shape index (κ1) is 18.6. The third-order valence-corrected chi connectivity index (χ3v) is 6.18. The van der Waals surface area contributed by atoms with Gasteiger partial charge in [-0.2, -0.15) is 0 Å². The molecule has 6 nitrogen and oxygen atoms in total. The van der Waals surface area contributed by atoms with Gasteiger partial charge in [0.25, 0.3) is 0 Å². The molecular weight excluding hydrogens is 342 g/mol. The van der Waals surface area contributed by atoms with E-state index >= 15 is 0 Å². The number of fused-ring (bicyclic) bond motifs is 1. The monoisotopic (exact) mass is 373 g/mol. The van der Waals surface area contributed by atoms with Gasteiger partial charge < -0.3 is 14.8 Å². The number of rotatable bonds is 4. The first-order chi connectivity index (χ1) is 13.2. The molecule has 1 aliphatic carbocycles. The van der Waals surface area contributed by atoms with Gasteiger partial charge in [0, 0.05) is 44.0 Å². The predicted octanol–water partition coefficient (Wildman–Crippen LogP) is 2.74. The Bertz CT molecular complexity index is 652. The van der Waals surface area contributed by atoms with Crippen molar-refractivity contribution in [3.63, 3.8) is 0 Å². The van der Waals surface area contributed by atoms with Gasteiger partial charge in [0.2, 0.25) is 5.91 Å². The minimum atomic E-state index is -0.133. The summed E-state index contributed by atoms with van der Waals surface area (Å²) in [6.45, 7) is 7.20. The second-order valence-electron chi connectivity index (χ2n) is 7.89. The molecule has 6 heteroatoms. The van der Waals surface area contributed by atoms with Crippen LogP contribution in [-0.2, 0) is 4.79 Å². The Morgan fingerprint density at radius 1 is 1.04 bits per heavy atom. The van der Waals surface area contributed by atoms with Crippen LogP contribution in [0.1, 0.15) is 39.0 Å². The van der Waals surface area contributed by atoms with E-state index in [2.05, 4.69) is 15.1 Å². The van der Waals surface area contributed by atoms with Crippen molar-refractivity contribution in [3.8, 4) is 11.5 Å². The van der Waals surface area contributed by atoms with Crippen molar-refractivity contribution < 1.29 is 14.3 Å². The number of amides is 1. The molecule has 1 saturated carbocycles. The highest BCUT2D eigenvalue weighted by molar-refractivity contribution is 5.94. The lowest BCUT2D eigenvalue weighted by molar-refractivity contribution is -0.121. The fourth-order valence-corrected chi connectivity index (χ4v) is 4.47. The number of ether oxygens (including phenoxy) is 2. The average Bonchev–Trinajstić information content (AvgIpc) is 2.74. The van der Waals surface area contributed by atoms with Gasteiger partial charge in [-0.25, -0.2) is 0 Å². The van der Waals surface area contributed by atoms with Gasteiger partial charge in [-0.1, -0.05) is 19.3 Å². The summed E-state index contributed by atoms with van der Waals surface area (Å²) in [7, 11) is 0. The fraction of sp³-hybridized carbons (Fsp3) is 0.667. The first-order valence-corrected chi connectivity index (χ1v) is 10.4. The van der Waals surface area contributed by atoms with Gasteiger partial charge in [-0.3, -0.25) is 14.6 Å². The largest absolute Gasteiger partial charge is 0.486 e. The Morgan fingerprint density at radius 2 is 1.74 bits per heavy atom. The molecule has 0 unspecified atom stereocenters. The summed E-state index contributed by atoms with van der Waals surface area (Å²) >= 11 is 0. The molecule has 1 aromatic carbocycles. The van der Waals surface area contributed by atoms with Crippen LogP contribution in [0.25, 0.3) is 0 Å². The lowest BCUT2D eigenvalue weighted by Gasteiger charge is -2.42. The van der Waals surface area contributed by atoms with Crippen LogP contribution in [0.4, 0.5) is 5.69 Å². The highest BCUT2D eigenvalue weighted by Crippen LogP contribution is 2.32. The molecule has 2 heterocycles. The Balaban J connectivity index is 1.29. The van der Waals surface area contributed by atoms with E-state index in [0.29, 0.717) is 19.0 Å². The molecule has 2 fully saturated rings. The van der Waals surface area contributed by atoms with E-state index in [9.17, 15) is 4.79 Å². The molecule has 148 valence electrons. The Kier molecular flexibility index (Phi) is 5.83. The quantitative estimate of drug-likeness (QED) is 0.880. The van der Waals surface area contributed by atoms with Gasteiger partial charge in [0.05, 0.1) is 6.04 Å². The Hall–Kier alpha value is -1.79. The molecule has 4 rings (SSSR count). The molecule has 1 aromatic rings. The van der Waals surface area contributed by atoms with Gasteiger partial charge in [-0.05, 0) is 31.9 Å². The van der Waals surface area contributed by atoms with Crippen LogP contribution >= 0.6 is 0 Å². The van der Waals surface area contributed by atoms with E-state index in [1.54, 1.807) is 0 Å². The summed E-state index contributed by atoms with van der Waals surface area (Å²) in [5.41, 5.74) is 0.761. The van der Waals surface area contributed by atoms with E-state index in [0.717, 1.165) is 43.7 Å². The van der Waals surface area contributed by atoms with Crippen molar-refractivity contribution in [3.05, 3.63) is 18.2 Å². The van der Waals surface area contributed by atoms with Crippen molar-refractivity contribution in [2.75, 3.05) is 44.7 Å². The second kappa shape index (κ2) is 8.48. The van der Waals surface area contributed by atoms with Crippen molar-refractivity contribution in [1.29, 1.82) is 0 Å². The summed E-state index contributed by atoms with van der Waals surface area (Å²) in [6, 6.07) is 6.21. The second-order valence-corrected chi connectivity index (χ2v) is 7.89. The molecule has 27 heavy (non-hydrogen) atoms. The minimum Gasteiger partial charge on any atom is -0.486 e. The molecule has 1 amide bonds. The van der Waals surface area contributed by atoms with Gasteiger partial charge in [0.15, 0.2) is 11.5 Å². The number of hydrogen-bond acceptors (Lipinski definition) is 5. The van der Waals surface area contributed by atoms with E-state index in [1.807, 2.05) is 25.1 Å². The normalized spacial score (nSPS) is 23.0. The molecule has 1 N–H and O–H groups in total. The molecular formula is C21H31N3O3. The number of carbonyl (C=O) groups excluding carboxylic acids is 1. The van der Waals surface area contributed by atoms with E-state index in [4.69, 9.17) is 9.47 Å². The zero-order chi connectivity index (χ0) is 18.6. The molecule has 0 spiro atoms. The number of nitrogens with zero attached hydrogens (tertiary/aromatic N) is 2. The molecule has 0 radical (unpaired) electrons. The highest BCUT2D eigenvalue weighted by atomic mass is 16.6. The summed E-state index contributed by atoms with van der Waals surface area (Å²) in [5, 5.41) is 3.03. The van der Waals surface area contributed by atoms with Crippen LogP contribution in [0.15, 0.2) is 18.2 Å². The van der Waals surface area contributed by atoms with E-state index < -0.39 is 0 Å². The minimum absolute atomic E-state index is 0.0396. The smallest absolute Gasteiger partial charge is 0.241 e. The Morgan fingerprint density at radius 3 is 2.48 bits per heavy atom. The van der Waals surface area contributed by atoms with Crippen molar-refractivity contribution >= 4 is 11.6 Å². The number of anilines is 1. The summed E-state index contributed by atoms with van der Waals surface area (Å²) < 4.78 is 11.1. The Labute approximate surface area is 161 Å². The van der Waals surface area contributed by atoms with E-state index in [-0.39, 0.29) is 11.9 Å². The topological polar surface area (TPSA) is 54.0 Å². The standard InChI is InChI=1S/C21H31N3O3/c1-16(23-9-11-24(12-10-23)18-5-3-2-4-6-18)21(25)22-17-7-8-19-20(15-17)27-14-13-26-19/h7-8,15-16,18H,2-6,9-14H2,1H3,(H,22,25)/t16-/m1/s1. The maximum absolute atomic E-state index is 12.7. The van der Waals surface area contributed by atoms with E-state index in [1.165, 1.54) is 32.1 Å². The third kappa shape index (κ3) is 4.38. The predicted molar refractivity (Wildman–Crippen MR) is 106 cm³/mol. The van der Waals surface area contributed by atoms with Gasteiger partial charge in [-0.15, -0.1) is 0 Å². The molecule has 3 aliphatic rings. The lowest BCUT2D eigenvalue weighted by atomic mass is 9.94. The van der Waals surface area contributed by atoms with Crippen LogP contribution in [0.2, 0.25) is 0 Å². The molecule has 0 aromatic heterocycles. The summed E-state index contributed by atoms with van der Waals surface area (Å²) in [5.74, 6) is 1.48. The zero-order valence-corrected chi connectivity index (χ0v) is 16.3. The lowest BCUT2D eigenvalue weighted by Crippen LogP contribution is -2.55. The van der Waals surface area contributed by atoms with Crippen LogP contribution < -0.4 is 14.8 Å². The van der Waals surface area contributed by atoms with Crippen molar-refractivity contribution in [2.24, 2.45) is 0 Å². The maximum atomic E-state index is 12.7. The highest BCUT2D eigenvalue weighted by Gasteiger charge is 2.29. The zero-order valence-electron chi connectivity index (χ0n) is 16.3. The first-order valence-electron chi connectivity index (χ1n) is 10.4. The molecule has 2 aliphatic heterocycles. The number of piperazine rings is 1. The maximum Gasteiger partial charge on any atom is 0.241 e. The van der Waals surface area contributed by atoms with Gasteiger partial charge in [0.1, 0.15) is 13.2 Å². The summed E-state index contributed by atoms with van der Waals surface area (Å²) in [6.07, 6.45) is 6.84. The van der Waals surface area contributed by atoms with Crippen LogP contribution in [0.5, 0.6) is 11.5 Å². The number of hydrogen-bond donors (Lipinski definition) is 1.